The summed E-state index contributed by atoms with van der Waals surface area (Å²) >= 11 is 0. The fourth-order valence-electron chi connectivity index (χ4n) is 3.96. The number of rotatable bonds is 6. The maximum atomic E-state index is 12.6. The minimum atomic E-state index is -3.65. The number of aromatic nitrogens is 2. The summed E-state index contributed by atoms with van der Waals surface area (Å²) in [5.74, 6) is 1.14. The molecule has 1 aliphatic heterocycles. The summed E-state index contributed by atoms with van der Waals surface area (Å²) < 4.78 is 29.9. The first-order chi connectivity index (χ1) is 15.2. The van der Waals surface area contributed by atoms with Crippen molar-refractivity contribution in [1.82, 2.24) is 19.4 Å². The lowest BCUT2D eigenvalue weighted by molar-refractivity contribution is -0.136. The fourth-order valence-corrected chi connectivity index (χ4v) is 5.03. The number of anilines is 1. The highest BCUT2D eigenvalue weighted by molar-refractivity contribution is 7.92. The minimum Gasteiger partial charge on any atom is -0.340 e. The third-order valence-corrected chi connectivity index (χ3v) is 7.22. The molecule has 170 valence electrons. The Balaban J connectivity index is 1.47. The molecular formula is C23H29N5O3S. The Morgan fingerprint density at radius 3 is 2.41 bits per heavy atom. The van der Waals surface area contributed by atoms with E-state index in [0.29, 0.717) is 12.2 Å². The molecule has 2 heterocycles. The van der Waals surface area contributed by atoms with Gasteiger partial charge in [-0.2, -0.15) is 0 Å². The number of hydrogen-bond donors (Lipinski definition) is 1. The van der Waals surface area contributed by atoms with Crippen LogP contribution in [0.1, 0.15) is 19.7 Å². The second kappa shape index (κ2) is 8.91. The average molecular weight is 456 g/mol. The zero-order valence-corrected chi connectivity index (χ0v) is 19.5. The second-order valence-electron chi connectivity index (χ2n) is 8.47. The van der Waals surface area contributed by atoms with E-state index >= 15 is 0 Å². The van der Waals surface area contributed by atoms with Crippen LogP contribution in [-0.2, 0) is 28.4 Å². The monoisotopic (exact) mass is 455 g/mol. The Bertz CT molecular complexity index is 1210. The van der Waals surface area contributed by atoms with Gasteiger partial charge in [0.2, 0.25) is 5.91 Å². The van der Waals surface area contributed by atoms with Crippen molar-refractivity contribution >= 4 is 32.7 Å². The number of sulfonamides is 1. The molecule has 0 radical (unpaired) electrons. The lowest BCUT2D eigenvalue weighted by atomic mass is 10.1. The maximum Gasteiger partial charge on any atom is 0.261 e. The predicted octanol–water partition coefficient (Wildman–Crippen LogP) is 2.67. The van der Waals surface area contributed by atoms with Crippen LogP contribution >= 0.6 is 0 Å². The molecule has 1 fully saturated rings. The standard InChI is InChI=1S/C23H29N5O3S/c1-17(2)23(29)28-13-11-27(12-14-28)16-22-24-20-15-18(9-10-21(20)26(22)3)25-32(30,31)19-7-5-4-6-8-19/h4-10,15,17,25H,11-14,16H2,1-3H3. The molecule has 1 aliphatic rings. The van der Waals surface area contributed by atoms with E-state index in [0.717, 1.165) is 43.0 Å². The first-order valence-corrected chi connectivity index (χ1v) is 12.3. The SMILES string of the molecule is CC(C)C(=O)N1CCN(Cc2nc3cc(NS(=O)(=O)c4ccccc4)ccc3n2C)CC1. The van der Waals surface area contributed by atoms with Gasteiger partial charge in [-0.05, 0) is 30.3 Å². The number of amides is 1. The van der Waals surface area contributed by atoms with E-state index in [1.807, 2.05) is 36.4 Å². The van der Waals surface area contributed by atoms with Crippen molar-refractivity contribution in [2.24, 2.45) is 13.0 Å². The van der Waals surface area contributed by atoms with Crippen LogP contribution in [0.15, 0.2) is 53.4 Å². The smallest absolute Gasteiger partial charge is 0.261 e. The highest BCUT2D eigenvalue weighted by Gasteiger charge is 2.24. The molecule has 1 saturated heterocycles. The number of nitrogens with one attached hydrogen (secondary N) is 1. The summed E-state index contributed by atoms with van der Waals surface area (Å²) in [5.41, 5.74) is 2.16. The van der Waals surface area contributed by atoms with Gasteiger partial charge in [0, 0.05) is 39.1 Å². The minimum absolute atomic E-state index is 0.0231. The van der Waals surface area contributed by atoms with Gasteiger partial charge in [-0.25, -0.2) is 13.4 Å². The molecule has 1 N–H and O–H groups in total. The number of fused-ring (bicyclic) bond motifs is 1. The summed E-state index contributed by atoms with van der Waals surface area (Å²) in [5, 5.41) is 0. The molecule has 0 saturated carbocycles. The van der Waals surface area contributed by atoms with Crippen molar-refractivity contribution in [2.75, 3.05) is 30.9 Å². The van der Waals surface area contributed by atoms with Crippen LogP contribution in [0, 0.1) is 5.92 Å². The van der Waals surface area contributed by atoms with E-state index in [-0.39, 0.29) is 16.7 Å². The molecule has 9 heteroatoms. The Morgan fingerprint density at radius 2 is 1.75 bits per heavy atom. The Hall–Kier alpha value is -2.91. The van der Waals surface area contributed by atoms with Crippen molar-refractivity contribution in [3.63, 3.8) is 0 Å². The number of carbonyl (C=O) groups excluding carboxylic acids is 1. The van der Waals surface area contributed by atoms with E-state index in [1.165, 1.54) is 0 Å². The molecule has 8 nitrogen and oxygen atoms in total. The highest BCUT2D eigenvalue weighted by Crippen LogP contribution is 2.23. The molecule has 32 heavy (non-hydrogen) atoms. The van der Waals surface area contributed by atoms with Crippen LogP contribution in [0.3, 0.4) is 0 Å². The molecule has 1 amide bonds. The van der Waals surface area contributed by atoms with Crippen molar-refractivity contribution in [2.45, 2.75) is 25.3 Å². The zero-order valence-electron chi connectivity index (χ0n) is 18.7. The molecule has 2 aromatic carbocycles. The lowest BCUT2D eigenvalue weighted by Gasteiger charge is -2.35. The molecule has 0 unspecified atom stereocenters. The first-order valence-electron chi connectivity index (χ1n) is 10.8. The molecular weight excluding hydrogens is 426 g/mol. The number of benzene rings is 2. The molecule has 0 bridgehead atoms. The summed E-state index contributed by atoms with van der Waals surface area (Å²) in [6, 6.07) is 13.7. The number of carbonyl (C=O) groups is 1. The predicted molar refractivity (Wildman–Crippen MR) is 125 cm³/mol. The van der Waals surface area contributed by atoms with Gasteiger partial charge in [-0.1, -0.05) is 32.0 Å². The van der Waals surface area contributed by atoms with Crippen LogP contribution in [0.4, 0.5) is 5.69 Å². The van der Waals surface area contributed by atoms with Gasteiger partial charge >= 0.3 is 0 Å². The normalized spacial score (nSPS) is 15.4. The Morgan fingerprint density at radius 1 is 1.06 bits per heavy atom. The number of piperazine rings is 1. The number of imidazole rings is 1. The van der Waals surface area contributed by atoms with Gasteiger partial charge in [-0.3, -0.25) is 14.4 Å². The highest BCUT2D eigenvalue weighted by atomic mass is 32.2. The third-order valence-electron chi connectivity index (χ3n) is 5.82. The van der Waals surface area contributed by atoms with Gasteiger partial charge in [-0.15, -0.1) is 0 Å². The Labute approximate surface area is 188 Å². The van der Waals surface area contributed by atoms with Crippen molar-refractivity contribution in [3.05, 3.63) is 54.4 Å². The van der Waals surface area contributed by atoms with Crippen molar-refractivity contribution in [3.8, 4) is 0 Å². The maximum absolute atomic E-state index is 12.6. The van der Waals surface area contributed by atoms with Crippen molar-refractivity contribution < 1.29 is 13.2 Å². The Kier molecular flexibility index (Phi) is 6.21. The van der Waals surface area contributed by atoms with E-state index in [1.54, 1.807) is 42.5 Å². The van der Waals surface area contributed by atoms with Gasteiger partial charge in [0.1, 0.15) is 5.82 Å². The summed E-state index contributed by atoms with van der Waals surface area (Å²) in [6.07, 6.45) is 0. The van der Waals surface area contributed by atoms with Gasteiger partial charge in [0.25, 0.3) is 10.0 Å². The summed E-state index contributed by atoms with van der Waals surface area (Å²) in [4.78, 5) is 21.4. The van der Waals surface area contributed by atoms with E-state index in [2.05, 4.69) is 9.62 Å². The topological polar surface area (TPSA) is 87.5 Å². The molecule has 0 atom stereocenters. The van der Waals surface area contributed by atoms with Gasteiger partial charge in [0.15, 0.2) is 0 Å². The van der Waals surface area contributed by atoms with Crippen LogP contribution in [0.2, 0.25) is 0 Å². The van der Waals surface area contributed by atoms with Crippen LogP contribution < -0.4 is 4.72 Å². The summed E-state index contributed by atoms with van der Waals surface area (Å²) in [6.45, 7) is 7.62. The van der Waals surface area contributed by atoms with Gasteiger partial charge in [0.05, 0.1) is 28.2 Å². The number of hydrogen-bond acceptors (Lipinski definition) is 5. The van der Waals surface area contributed by atoms with E-state index in [4.69, 9.17) is 4.98 Å². The van der Waals surface area contributed by atoms with Crippen LogP contribution in [0.25, 0.3) is 11.0 Å². The number of aryl methyl sites for hydroxylation is 1. The van der Waals surface area contributed by atoms with E-state index < -0.39 is 10.0 Å². The van der Waals surface area contributed by atoms with Crippen LogP contribution in [-0.4, -0.2) is 59.9 Å². The van der Waals surface area contributed by atoms with Crippen molar-refractivity contribution in [1.29, 1.82) is 0 Å². The van der Waals surface area contributed by atoms with Crippen LogP contribution in [0.5, 0.6) is 0 Å². The quantitative estimate of drug-likeness (QED) is 0.618. The average Bonchev–Trinajstić information content (AvgIpc) is 3.08. The molecule has 3 aromatic rings. The molecule has 0 spiro atoms. The molecule has 4 rings (SSSR count). The number of nitrogens with zero attached hydrogens (tertiary/aromatic N) is 4. The van der Waals surface area contributed by atoms with E-state index in [9.17, 15) is 13.2 Å². The first kappa shape index (κ1) is 22.3. The fraction of sp³-hybridized carbons (Fsp3) is 0.391. The van der Waals surface area contributed by atoms with Gasteiger partial charge < -0.3 is 9.47 Å². The largest absolute Gasteiger partial charge is 0.340 e. The second-order valence-corrected chi connectivity index (χ2v) is 10.1. The summed E-state index contributed by atoms with van der Waals surface area (Å²) in [7, 11) is -1.68. The molecule has 0 aliphatic carbocycles. The lowest BCUT2D eigenvalue weighted by Crippen LogP contribution is -2.49. The molecule has 1 aromatic heterocycles. The zero-order chi connectivity index (χ0) is 22.9. The third kappa shape index (κ3) is 4.63.